The fourth-order valence-electron chi connectivity index (χ4n) is 1.33. The summed E-state index contributed by atoms with van der Waals surface area (Å²) in [5, 5.41) is 11.3. The number of halogens is 3. The maximum Gasteiger partial charge on any atom is 0.339 e. The SMILES string of the molecule is C=C(C(=O)O)C(=O)c1cc(F)c(Cl)cc1Cl.CNC1CC1. The predicted octanol–water partition coefficient (Wildman–Crippen LogP) is 3.32. The second kappa shape index (κ2) is 7.54. The zero-order chi connectivity index (χ0) is 16.2. The van der Waals surface area contributed by atoms with E-state index in [1.165, 1.54) is 12.8 Å². The van der Waals surface area contributed by atoms with Gasteiger partial charge in [-0.1, -0.05) is 29.8 Å². The highest BCUT2D eigenvalue weighted by Crippen LogP contribution is 2.26. The molecule has 0 aliphatic heterocycles. The van der Waals surface area contributed by atoms with Crippen molar-refractivity contribution < 1.29 is 19.1 Å². The molecule has 7 heteroatoms. The number of ketones is 1. The summed E-state index contributed by atoms with van der Waals surface area (Å²) >= 11 is 11.1. The molecule has 0 aromatic heterocycles. The summed E-state index contributed by atoms with van der Waals surface area (Å²) in [6, 6.07) is 2.69. The number of carboxylic acid groups (broad SMARTS) is 1. The molecular formula is C14H14Cl2FNO3. The van der Waals surface area contributed by atoms with Crippen molar-refractivity contribution in [2.24, 2.45) is 0 Å². The lowest BCUT2D eigenvalue weighted by molar-refractivity contribution is -0.132. The van der Waals surface area contributed by atoms with Crippen LogP contribution in [0.2, 0.25) is 10.0 Å². The number of hydrogen-bond acceptors (Lipinski definition) is 3. The summed E-state index contributed by atoms with van der Waals surface area (Å²) in [6.07, 6.45) is 2.80. The van der Waals surface area contributed by atoms with Crippen LogP contribution in [0.5, 0.6) is 0 Å². The van der Waals surface area contributed by atoms with Gasteiger partial charge in [-0.25, -0.2) is 9.18 Å². The van der Waals surface area contributed by atoms with E-state index in [9.17, 15) is 14.0 Å². The molecule has 4 nitrogen and oxygen atoms in total. The largest absolute Gasteiger partial charge is 0.478 e. The standard InChI is InChI=1S/C10H5Cl2FO3.C4H9N/c1-4(10(15)16)9(14)5-2-8(13)7(12)3-6(5)11;1-5-4-2-3-4/h2-3H,1H2,(H,15,16);4-5H,2-3H2,1H3. The van der Waals surface area contributed by atoms with Gasteiger partial charge in [0.25, 0.3) is 0 Å². The Bertz CT molecular complexity index is 586. The Balaban J connectivity index is 0.000000369. The molecule has 1 aromatic carbocycles. The number of Topliss-reactive ketones (excluding diaryl/α,β-unsaturated/α-hetero) is 1. The number of rotatable bonds is 4. The molecule has 0 heterocycles. The number of benzene rings is 1. The van der Waals surface area contributed by atoms with Gasteiger partial charge >= 0.3 is 5.97 Å². The molecule has 21 heavy (non-hydrogen) atoms. The van der Waals surface area contributed by atoms with Crippen LogP contribution in [-0.4, -0.2) is 29.9 Å². The van der Waals surface area contributed by atoms with E-state index in [1.54, 1.807) is 0 Å². The van der Waals surface area contributed by atoms with Crippen molar-refractivity contribution in [1.82, 2.24) is 5.32 Å². The van der Waals surface area contributed by atoms with Crippen LogP contribution in [0.1, 0.15) is 23.2 Å². The Morgan fingerprint density at radius 3 is 2.29 bits per heavy atom. The second-order valence-corrected chi connectivity index (χ2v) is 5.24. The van der Waals surface area contributed by atoms with Crippen LogP contribution >= 0.6 is 23.2 Å². The van der Waals surface area contributed by atoms with E-state index >= 15 is 0 Å². The quantitative estimate of drug-likeness (QED) is 0.291. The van der Waals surface area contributed by atoms with E-state index in [1.807, 2.05) is 7.05 Å². The number of hydrogen-bond donors (Lipinski definition) is 2. The monoisotopic (exact) mass is 333 g/mol. The first kappa shape index (κ1) is 17.6. The van der Waals surface area contributed by atoms with Crippen LogP contribution in [0.15, 0.2) is 24.3 Å². The molecule has 0 spiro atoms. The van der Waals surface area contributed by atoms with Gasteiger partial charge in [-0.2, -0.15) is 0 Å². The van der Waals surface area contributed by atoms with E-state index in [2.05, 4.69) is 11.9 Å². The fraction of sp³-hybridized carbons (Fsp3) is 0.286. The third kappa shape index (κ3) is 5.12. The number of nitrogens with one attached hydrogen (secondary N) is 1. The van der Waals surface area contributed by atoms with Gasteiger partial charge in [0.1, 0.15) is 11.4 Å². The molecule has 1 saturated carbocycles. The lowest BCUT2D eigenvalue weighted by Gasteiger charge is -2.04. The topological polar surface area (TPSA) is 66.4 Å². The third-order valence-corrected chi connectivity index (χ3v) is 3.37. The van der Waals surface area contributed by atoms with Crippen molar-refractivity contribution in [2.75, 3.05) is 7.05 Å². The van der Waals surface area contributed by atoms with Crippen LogP contribution in [-0.2, 0) is 4.79 Å². The van der Waals surface area contributed by atoms with Gasteiger partial charge in [-0.05, 0) is 32.0 Å². The summed E-state index contributed by atoms with van der Waals surface area (Å²) in [5.41, 5.74) is -0.973. The molecule has 2 rings (SSSR count). The Hall–Kier alpha value is -1.43. The van der Waals surface area contributed by atoms with Crippen molar-refractivity contribution in [2.45, 2.75) is 18.9 Å². The number of carbonyl (C=O) groups excluding carboxylic acids is 1. The molecule has 114 valence electrons. The molecule has 1 aliphatic carbocycles. The Morgan fingerprint density at radius 1 is 1.33 bits per heavy atom. The summed E-state index contributed by atoms with van der Waals surface area (Å²) in [6.45, 7) is 3.06. The van der Waals surface area contributed by atoms with E-state index in [4.69, 9.17) is 28.3 Å². The van der Waals surface area contributed by atoms with Gasteiger partial charge in [0.2, 0.25) is 5.78 Å². The normalized spacial score (nSPS) is 13.1. The number of carboxylic acids is 1. The minimum atomic E-state index is -1.49. The van der Waals surface area contributed by atoms with E-state index in [0.717, 1.165) is 18.2 Å². The Labute approximate surface area is 131 Å². The smallest absolute Gasteiger partial charge is 0.339 e. The molecule has 1 aliphatic rings. The van der Waals surface area contributed by atoms with Crippen molar-refractivity contribution in [3.05, 3.63) is 45.7 Å². The predicted molar refractivity (Wildman–Crippen MR) is 79.6 cm³/mol. The van der Waals surface area contributed by atoms with E-state index < -0.39 is 23.1 Å². The van der Waals surface area contributed by atoms with Gasteiger partial charge in [-0.3, -0.25) is 4.79 Å². The average Bonchev–Trinajstić information content (AvgIpc) is 3.25. The van der Waals surface area contributed by atoms with Gasteiger partial charge < -0.3 is 10.4 Å². The lowest BCUT2D eigenvalue weighted by Crippen LogP contribution is -2.12. The van der Waals surface area contributed by atoms with E-state index in [-0.39, 0.29) is 15.6 Å². The highest BCUT2D eigenvalue weighted by atomic mass is 35.5. The van der Waals surface area contributed by atoms with E-state index in [0.29, 0.717) is 0 Å². The summed E-state index contributed by atoms with van der Waals surface area (Å²) in [7, 11) is 2.01. The lowest BCUT2D eigenvalue weighted by atomic mass is 10.0. The molecule has 0 amide bonds. The molecule has 0 bridgehead atoms. The maximum atomic E-state index is 13.1. The zero-order valence-corrected chi connectivity index (χ0v) is 12.8. The molecule has 1 aromatic rings. The van der Waals surface area contributed by atoms with Crippen LogP contribution in [0.4, 0.5) is 4.39 Å². The summed E-state index contributed by atoms with van der Waals surface area (Å²) in [5.74, 6) is -3.29. The van der Waals surface area contributed by atoms with Crippen molar-refractivity contribution in [3.8, 4) is 0 Å². The highest BCUT2D eigenvalue weighted by molar-refractivity contribution is 6.38. The van der Waals surface area contributed by atoms with Crippen molar-refractivity contribution in [3.63, 3.8) is 0 Å². The van der Waals surface area contributed by atoms with Crippen LogP contribution in [0, 0.1) is 5.82 Å². The Kier molecular flexibility index (Phi) is 6.33. The zero-order valence-electron chi connectivity index (χ0n) is 11.3. The minimum absolute atomic E-state index is 0.126. The Morgan fingerprint density at radius 2 is 1.90 bits per heavy atom. The van der Waals surface area contributed by atoms with Gasteiger partial charge in [0.15, 0.2) is 0 Å². The van der Waals surface area contributed by atoms with Crippen molar-refractivity contribution >= 4 is 35.0 Å². The minimum Gasteiger partial charge on any atom is -0.478 e. The van der Waals surface area contributed by atoms with Gasteiger partial charge in [-0.15, -0.1) is 0 Å². The van der Waals surface area contributed by atoms with Gasteiger partial charge in [0, 0.05) is 11.6 Å². The maximum absolute atomic E-state index is 13.1. The van der Waals surface area contributed by atoms with Gasteiger partial charge in [0.05, 0.1) is 10.0 Å². The second-order valence-electron chi connectivity index (χ2n) is 4.42. The summed E-state index contributed by atoms with van der Waals surface area (Å²) < 4.78 is 13.1. The van der Waals surface area contributed by atoms with Crippen LogP contribution in [0.25, 0.3) is 0 Å². The highest BCUT2D eigenvalue weighted by Gasteiger charge is 2.20. The first-order valence-corrected chi connectivity index (χ1v) is 6.82. The molecule has 2 N–H and O–H groups in total. The molecular weight excluding hydrogens is 320 g/mol. The number of aliphatic carboxylic acids is 1. The first-order chi connectivity index (χ1) is 9.77. The van der Waals surface area contributed by atoms with Crippen LogP contribution in [0.3, 0.4) is 0 Å². The first-order valence-electron chi connectivity index (χ1n) is 6.06. The van der Waals surface area contributed by atoms with Crippen molar-refractivity contribution in [1.29, 1.82) is 0 Å². The van der Waals surface area contributed by atoms with Crippen LogP contribution < -0.4 is 5.32 Å². The average molecular weight is 334 g/mol. The molecule has 0 atom stereocenters. The third-order valence-electron chi connectivity index (χ3n) is 2.77. The fourth-order valence-corrected chi connectivity index (χ4v) is 1.80. The molecule has 0 radical (unpaired) electrons. The molecule has 1 fully saturated rings. The summed E-state index contributed by atoms with van der Waals surface area (Å²) in [4.78, 5) is 22.0. The molecule has 0 unspecified atom stereocenters. The number of carbonyl (C=O) groups is 2. The molecule has 0 saturated heterocycles.